The number of benzene rings is 2. The molecule has 0 atom stereocenters. The smallest absolute Gasteiger partial charge is 0.352 e. The van der Waals surface area contributed by atoms with Crippen LogP contribution in [0.25, 0.3) is 16.6 Å². The number of carbonyl (C=O) groups is 1. The highest BCUT2D eigenvalue weighted by molar-refractivity contribution is 6.32. The summed E-state index contributed by atoms with van der Waals surface area (Å²) in [6.45, 7) is -0.290. The summed E-state index contributed by atoms with van der Waals surface area (Å²) < 4.78 is 12.8. The van der Waals surface area contributed by atoms with Gasteiger partial charge < -0.3 is 14.8 Å². The third-order valence-electron chi connectivity index (χ3n) is 4.37. The largest absolute Gasteiger partial charge is 0.495 e. The van der Waals surface area contributed by atoms with Crippen molar-refractivity contribution in [3.8, 4) is 11.5 Å². The third kappa shape index (κ3) is 3.36. The molecular formula is C19H16ClN5O4. The molecule has 0 bridgehead atoms. The van der Waals surface area contributed by atoms with Crippen LogP contribution in [-0.4, -0.2) is 39.3 Å². The average Bonchev–Trinajstić information content (AvgIpc) is 3.04. The number of nitrogens with zero attached hydrogens (tertiary/aromatic N) is 4. The molecule has 0 fully saturated rings. The summed E-state index contributed by atoms with van der Waals surface area (Å²) in [7, 11) is 2.94. The van der Waals surface area contributed by atoms with Crippen LogP contribution < -0.4 is 20.5 Å². The molecule has 4 aromatic rings. The van der Waals surface area contributed by atoms with Crippen molar-refractivity contribution in [1.82, 2.24) is 19.2 Å². The zero-order valence-electron chi connectivity index (χ0n) is 15.5. The lowest BCUT2D eigenvalue weighted by atomic mass is 10.2. The van der Waals surface area contributed by atoms with Gasteiger partial charge in [0.2, 0.25) is 5.91 Å². The maximum absolute atomic E-state index is 12.6. The maximum Gasteiger partial charge on any atom is 0.352 e. The number of nitrogens with one attached hydrogen (secondary N) is 1. The van der Waals surface area contributed by atoms with Gasteiger partial charge in [-0.1, -0.05) is 23.7 Å². The maximum atomic E-state index is 12.6. The number of rotatable bonds is 5. The highest BCUT2D eigenvalue weighted by Crippen LogP contribution is 2.35. The molecule has 148 valence electrons. The third-order valence-corrected chi connectivity index (χ3v) is 4.66. The molecule has 29 heavy (non-hydrogen) atoms. The number of carbonyl (C=O) groups excluding carboxylic acids is 1. The van der Waals surface area contributed by atoms with Gasteiger partial charge >= 0.3 is 5.69 Å². The standard InChI is InChI=1S/C19H16ClN5O4/c1-28-15-8-16(29-2)14(7-12(15)20)22-17(26)9-25-19(27)24-10-21-13-6-4-3-5-11(13)18(24)23-25/h3-8,10H,9H2,1-2H3,(H,22,26). The molecule has 0 aliphatic carbocycles. The summed E-state index contributed by atoms with van der Waals surface area (Å²) in [5.41, 5.74) is 1.03. The first-order valence-corrected chi connectivity index (χ1v) is 8.94. The van der Waals surface area contributed by atoms with Crippen LogP contribution in [0, 0.1) is 0 Å². The summed E-state index contributed by atoms with van der Waals surface area (Å²) in [6, 6.07) is 10.4. The zero-order valence-corrected chi connectivity index (χ0v) is 16.3. The summed E-state index contributed by atoms with van der Waals surface area (Å²) in [5.74, 6) is 0.321. The van der Waals surface area contributed by atoms with Gasteiger partial charge in [-0.15, -0.1) is 5.10 Å². The first-order chi connectivity index (χ1) is 14.0. The molecule has 4 rings (SSSR count). The van der Waals surface area contributed by atoms with Gasteiger partial charge in [-0.05, 0) is 18.2 Å². The van der Waals surface area contributed by atoms with Crippen molar-refractivity contribution in [1.29, 1.82) is 0 Å². The number of ether oxygens (including phenoxy) is 2. The molecular weight excluding hydrogens is 398 g/mol. The summed E-state index contributed by atoms with van der Waals surface area (Å²) in [5, 5.41) is 8.01. The molecule has 0 radical (unpaired) electrons. The van der Waals surface area contributed by atoms with Crippen molar-refractivity contribution >= 4 is 39.7 Å². The number of halogens is 1. The first kappa shape index (κ1) is 18.8. The van der Waals surface area contributed by atoms with Gasteiger partial charge in [-0.25, -0.2) is 18.9 Å². The van der Waals surface area contributed by atoms with Crippen molar-refractivity contribution < 1.29 is 14.3 Å². The van der Waals surface area contributed by atoms with E-state index in [1.807, 2.05) is 24.3 Å². The fraction of sp³-hybridized carbons (Fsp3) is 0.158. The number of fused-ring (bicyclic) bond motifs is 3. The highest BCUT2D eigenvalue weighted by atomic mass is 35.5. The van der Waals surface area contributed by atoms with Gasteiger partial charge in [0.1, 0.15) is 24.4 Å². The molecule has 0 unspecified atom stereocenters. The van der Waals surface area contributed by atoms with E-state index in [4.69, 9.17) is 21.1 Å². The Hall–Kier alpha value is -3.59. The molecule has 1 N–H and O–H groups in total. The Labute approximate surface area is 169 Å². The van der Waals surface area contributed by atoms with Gasteiger partial charge in [-0.3, -0.25) is 4.79 Å². The van der Waals surface area contributed by atoms with Crippen molar-refractivity contribution in [3.05, 3.63) is 58.2 Å². The molecule has 10 heteroatoms. The molecule has 2 heterocycles. The van der Waals surface area contributed by atoms with E-state index in [9.17, 15) is 9.59 Å². The molecule has 2 aromatic heterocycles. The monoisotopic (exact) mass is 413 g/mol. The van der Waals surface area contributed by atoms with Gasteiger partial charge in [0.15, 0.2) is 5.65 Å². The van der Waals surface area contributed by atoms with E-state index < -0.39 is 11.6 Å². The first-order valence-electron chi connectivity index (χ1n) is 8.56. The van der Waals surface area contributed by atoms with Crippen molar-refractivity contribution in [2.75, 3.05) is 19.5 Å². The topological polar surface area (TPSA) is 99.8 Å². The summed E-state index contributed by atoms with van der Waals surface area (Å²) in [4.78, 5) is 29.4. The lowest BCUT2D eigenvalue weighted by Crippen LogP contribution is -2.28. The second kappa shape index (κ2) is 7.44. The lowest BCUT2D eigenvalue weighted by Gasteiger charge is -2.12. The minimum absolute atomic E-state index is 0.290. The van der Waals surface area contributed by atoms with E-state index in [0.717, 1.165) is 10.1 Å². The Bertz CT molecular complexity index is 1300. The zero-order chi connectivity index (χ0) is 20.5. The number of hydrogen-bond acceptors (Lipinski definition) is 6. The molecule has 0 aliphatic rings. The minimum atomic E-state index is -0.465. The van der Waals surface area contributed by atoms with Crippen LogP contribution in [-0.2, 0) is 11.3 Å². The van der Waals surface area contributed by atoms with Crippen LogP contribution in [0.5, 0.6) is 11.5 Å². The van der Waals surface area contributed by atoms with E-state index in [1.54, 1.807) is 6.07 Å². The molecule has 2 aromatic carbocycles. The number of anilines is 1. The number of hydrogen-bond donors (Lipinski definition) is 1. The molecule has 9 nitrogen and oxygen atoms in total. The number of aromatic nitrogens is 4. The minimum Gasteiger partial charge on any atom is -0.495 e. The molecule has 1 amide bonds. The summed E-state index contributed by atoms with van der Waals surface area (Å²) >= 11 is 6.13. The fourth-order valence-corrected chi connectivity index (χ4v) is 3.23. The van der Waals surface area contributed by atoms with E-state index in [1.165, 1.54) is 31.0 Å². The van der Waals surface area contributed by atoms with Crippen molar-refractivity contribution in [2.24, 2.45) is 0 Å². The lowest BCUT2D eigenvalue weighted by molar-refractivity contribution is -0.117. The molecule has 0 saturated carbocycles. The van der Waals surface area contributed by atoms with Gasteiger partial charge in [0.05, 0.1) is 30.4 Å². The Morgan fingerprint density at radius 1 is 1.17 bits per heavy atom. The predicted molar refractivity (Wildman–Crippen MR) is 108 cm³/mol. The van der Waals surface area contributed by atoms with Crippen LogP contribution in [0.2, 0.25) is 5.02 Å². The second-order valence-electron chi connectivity index (χ2n) is 6.13. The molecule has 0 aliphatic heterocycles. The van der Waals surface area contributed by atoms with Gasteiger partial charge in [-0.2, -0.15) is 0 Å². The van der Waals surface area contributed by atoms with E-state index >= 15 is 0 Å². The normalized spacial score (nSPS) is 11.0. The van der Waals surface area contributed by atoms with Crippen LogP contribution in [0.15, 0.2) is 47.5 Å². The van der Waals surface area contributed by atoms with E-state index in [0.29, 0.717) is 33.4 Å². The van der Waals surface area contributed by atoms with E-state index in [-0.39, 0.29) is 6.54 Å². The second-order valence-corrected chi connectivity index (χ2v) is 6.54. The Morgan fingerprint density at radius 3 is 2.69 bits per heavy atom. The van der Waals surface area contributed by atoms with Crippen LogP contribution in [0.3, 0.4) is 0 Å². The van der Waals surface area contributed by atoms with E-state index in [2.05, 4.69) is 15.4 Å². The van der Waals surface area contributed by atoms with Gasteiger partial charge in [0.25, 0.3) is 0 Å². The van der Waals surface area contributed by atoms with Crippen LogP contribution >= 0.6 is 11.6 Å². The number of para-hydroxylation sites is 1. The SMILES string of the molecule is COc1cc(OC)c(NC(=O)Cn2nc3c4ccccc4ncn3c2=O)cc1Cl. The molecule has 0 saturated heterocycles. The number of amides is 1. The highest BCUT2D eigenvalue weighted by Gasteiger charge is 2.16. The van der Waals surface area contributed by atoms with Crippen molar-refractivity contribution in [2.45, 2.75) is 6.54 Å². The van der Waals surface area contributed by atoms with Crippen LogP contribution in [0.1, 0.15) is 0 Å². The quantitative estimate of drug-likeness (QED) is 0.539. The molecule has 0 spiro atoms. The van der Waals surface area contributed by atoms with Crippen LogP contribution in [0.4, 0.5) is 5.69 Å². The number of methoxy groups -OCH3 is 2. The Kier molecular flexibility index (Phi) is 4.81. The fourth-order valence-electron chi connectivity index (χ4n) is 2.99. The Morgan fingerprint density at radius 2 is 1.93 bits per heavy atom. The van der Waals surface area contributed by atoms with Gasteiger partial charge in [0, 0.05) is 11.5 Å². The predicted octanol–water partition coefficient (Wildman–Crippen LogP) is 2.35. The Balaban J connectivity index is 1.65. The van der Waals surface area contributed by atoms with Crippen molar-refractivity contribution in [3.63, 3.8) is 0 Å². The summed E-state index contributed by atoms with van der Waals surface area (Å²) in [6.07, 6.45) is 1.40. The average molecular weight is 414 g/mol.